The van der Waals surface area contributed by atoms with E-state index in [1.807, 2.05) is 0 Å². The fourth-order valence-electron chi connectivity index (χ4n) is 3.37. The van der Waals surface area contributed by atoms with Crippen molar-refractivity contribution in [2.45, 2.75) is 24.9 Å². The topological polar surface area (TPSA) is 59.3 Å². The van der Waals surface area contributed by atoms with E-state index in [0.717, 1.165) is 43.8 Å². The van der Waals surface area contributed by atoms with Gasteiger partial charge >= 0.3 is 6.18 Å². The Labute approximate surface area is 134 Å². The van der Waals surface area contributed by atoms with Crippen LogP contribution < -0.4 is 16.1 Å². The zero-order valence-electron chi connectivity index (χ0n) is 12.7. The van der Waals surface area contributed by atoms with E-state index >= 15 is 0 Å². The number of halogens is 3. The molecule has 1 saturated heterocycles. The third-order valence-electron chi connectivity index (χ3n) is 4.60. The summed E-state index contributed by atoms with van der Waals surface area (Å²) in [6, 6.07) is 1.45. The van der Waals surface area contributed by atoms with Crippen LogP contribution in [-0.2, 0) is 0 Å². The molecule has 1 fully saturated rings. The number of alkyl halides is 3. The Morgan fingerprint density at radius 1 is 1.25 bits per heavy atom. The van der Waals surface area contributed by atoms with Gasteiger partial charge in [0.25, 0.3) is 5.56 Å². The Kier molecular flexibility index (Phi) is 3.45. The molecule has 0 saturated carbocycles. The van der Waals surface area contributed by atoms with Gasteiger partial charge < -0.3 is 5.32 Å². The summed E-state index contributed by atoms with van der Waals surface area (Å²) in [5.41, 5.74) is 0.921. The number of fused-ring (bicyclic) bond motifs is 3. The molecular weight excluding hydrogens is 321 g/mol. The minimum Gasteiger partial charge on any atom is -0.317 e. The first-order valence-corrected chi connectivity index (χ1v) is 7.84. The van der Waals surface area contributed by atoms with Crippen molar-refractivity contribution >= 4 is 17.8 Å². The Morgan fingerprint density at radius 2 is 2.00 bits per heavy atom. The van der Waals surface area contributed by atoms with Crippen LogP contribution in [0.25, 0.3) is 17.8 Å². The van der Waals surface area contributed by atoms with Gasteiger partial charge in [-0.2, -0.15) is 23.3 Å². The van der Waals surface area contributed by atoms with Crippen LogP contribution in [0.5, 0.6) is 0 Å². The minimum absolute atomic E-state index is 0.146. The molecule has 1 aliphatic carbocycles. The fourth-order valence-corrected chi connectivity index (χ4v) is 3.37. The van der Waals surface area contributed by atoms with Crippen molar-refractivity contribution < 1.29 is 13.2 Å². The van der Waals surface area contributed by atoms with Gasteiger partial charge in [-0.25, -0.2) is 4.52 Å². The number of nitrogens with zero attached hydrogens (tertiary/aromatic N) is 3. The molecule has 126 valence electrons. The summed E-state index contributed by atoms with van der Waals surface area (Å²) in [5.74, 6) is -1.54. The van der Waals surface area contributed by atoms with Crippen molar-refractivity contribution in [3.63, 3.8) is 0 Å². The largest absolute Gasteiger partial charge is 0.398 e. The van der Waals surface area contributed by atoms with Crippen LogP contribution in [0.3, 0.4) is 0 Å². The van der Waals surface area contributed by atoms with E-state index in [1.165, 1.54) is 12.1 Å². The summed E-state index contributed by atoms with van der Waals surface area (Å²) < 4.78 is 40.5. The molecule has 3 heterocycles. The molecule has 1 aliphatic heterocycles. The van der Waals surface area contributed by atoms with E-state index < -0.39 is 17.7 Å². The molecule has 1 unspecified atom stereocenters. The lowest BCUT2D eigenvalue weighted by atomic mass is 9.94. The lowest BCUT2D eigenvalue weighted by molar-refractivity contribution is -0.144. The number of allylic oxidation sites excluding steroid dienone is 1. The molecule has 1 N–H and O–H groups in total. The molecule has 0 spiro atoms. The highest BCUT2D eigenvalue weighted by Gasteiger charge is 2.37. The van der Waals surface area contributed by atoms with E-state index in [9.17, 15) is 18.0 Å². The Bertz CT molecular complexity index is 925. The number of piperidine rings is 1. The lowest BCUT2D eigenvalue weighted by Gasteiger charge is -2.22. The Balaban J connectivity index is 1.93. The second-order valence-electron chi connectivity index (χ2n) is 6.17. The minimum atomic E-state index is -4.37. The summed E-state index contributed by atoms with van der Waals surface area (Å²) >= 11 is 0. The second-order valence-corrected chi connectivity index (χ2v) is 6.17. The highest BCUT2D eigenvalue weighted by Crippen LogP contribution is 2.31. The predicted molar refractivity (Wildman–Crippen MR) is 82.4 cm³/mol. The molecule has 2 aromatic heterocycles. The van der Waals surface area contributed by atoms with Gasteiger partial charge in [-0.1, -0.05) is 12.2 Å². The zero-order valence-corrected chi connectivity index (χ0v) is 12.7. The second kappa shape index (κ2) is 5.41. The van der Waals surface area contributed by atoms with Gasteiger partial charge in [-0.15, -0.1) is 0 Å². The zero-order chi connectivity index (χ0) is 16.9. The van der Waals surface area contributed by atoms with Crippen LogP contribution >= 0.6 is 0 Å². The number of hydrogen-bond donors (Lipinski definition) is 1. The van der Waals surface area contributed by atoms with Crippen molar-refractivity contribution in [2.75, 3.05) is 13.1 Å². The van der Waals surface area contributed by atoms with Gasteiger partial charge in [0.2, 0.25) is 0 Å². The van der Waals surface area contributed by atoms with Crippen LogP contribution in [0.2, 0.25) is 0 Å². The van der Waals surface area contributed by atoms with Crippen molar-refractivity contribution in [3.8, 4) is 0 Å². The summed E-state index contributed by atoms with van der Waals surface area (Å²) in [4.78, 5) is 15.9. The van der Waals surface area contributed by atoms with Crippen LogP contribution in [0, 0.1) is 5.92 Å². The number of nitrogens with one attached hydrogen (secondary N) is 1. The van der Waals surface area contributed by atoms with Crippen LogP contribution in [0.1, 0.15) is 30.1 Å². The first-order chi connectivity index (χ1) is 11.4. The predicted octanol–water partition coefficient (Wildman–Crippen LogP) is 1.26. The van der Waals surface area contributed by atoms with E-state index in [2.05, 4.69) is 15.4 Å². The molecule has 2 aromatic rings. The molecule has 0 bridgehead atoms. The lowest BCUT2D eigenvalue weighted by Crippen LogP contribution is -2.29. The molecule has 5 nitrogen and oxygen atoms in total. The maximum Gasteiger partial charge on any atom is 0.398 e. The first kappa shape index (κ1) is 15.3. The molecule has 0 aromatic carbocycles. The van der Waals surface area contributed by atoms with E-state index in [1.54, 1.807) is 4.52 Å². The molecule has 8 heteroatoms. The van der Waals surface area contributed by atoms with E-state index in [-0.39, 0.29) is 16.8 Å². The maximum atomic E-state index is 13.0. The van der Waals surface area contributed by atoms with Gasteiger partial charge in [0.15, 0.2) is 5.65 Å². The first-order valence-electron chi connectivity index (χ1n) is 7.84. The third kappa shape index (κ3) is 2.50. The summed E-state index contributed by atoms with van der Waals surface area (Å²) in [6.45, 7) is 1.68. The fraction of sp³-hybridized carbons (Fsp3) is 0.438. The van der Waals surface area contributed by atoms with Crippen molar-refractivity contribution in [1.29, 1.82) is 0 Å². The van der Waals surface area contributed by atoms with Crippen LogP contribution in [0.15, 0.2) is 16.9 Å². The molecule has 0 radical (unpaired) electrons. The third-order valence-corrected chi connectivity index (χ3v) is 4.60. The normalized spacial score (nSPS) is 21.7. The molecule has 1 atom stereocenters. The van der Waals surface area contributed by atoms with Gasteiger partial charge in [0.05, 0.1) is 17.3 Å². The molecule has 0 amide bonds. The van der Waals surface area contributed by atoms with E-state index in [4.69, 9.17) is 0 Å². The standard InChI is InChI=1S/C16H15F3N4O/c17-16(18,19)10-1-2-12-11(7-10)15-21-14(24)8-13(23(15)22-12)9-3-5-20-6-4-9/h1-2,7-10,20H,3-6H2. The Morgan fingerprint density at radius 3 is 2.71 bits per heavy atom. The number of hydrogen-bond acceptors (Lipinski definition) is 4. The van der Waals surface area contributed by atoms with Crippen molar-refractivity contribution in [3.05, 3.63) is 39.1 Å². The maximum absolute atomic E-state index is 13.0. The number of aromatic nitrogens is 3. The summed E-state index contributed by atoms with van der Waals surface area (Å²) in [5, 5.41) is 7.93. The van der Waals surface area contributed by atoms with Gasteiger partial charge in [0, 0.05) is 17.2 Å². The van der Waals surface area contributed by atoms with Gasteiger partial charge in [-0.3, -0.25) is 4.79 Å². The highest BCUT2D eigenvalue weighted by molar-refractivity contribution is 5.63. The van der Waals surface area contributed by atoms with Gasteiger partial charge in [-0.05, 0) is 32.0 Å². The highest BCUT2D eigenvalue weighted by atomic mass is 19.4. The molecule has 2 aliphatic rings. The van der Waals surface area contributed by atoms with E-state index in [0.29, 0.717) is 5.69 Å². The monoisotopic (exact) mass is 336 g/mol. The van der Waals surface area contributed by atoms with Crippen LogP contribution in [-0.4, -0.2) is 33.9 Å². The Hall–Kier alpha value is -2.22. The average molecular weight is 336 g/mol. The van der Waals surface area contributed by atoms with Gasteiger partial charge in [0.1, 0.15) is 0 Å². The molecule has 4 rings (SSSR count). The van der Waals surface area contributed by atoms with Crippen LogP contribution in [0.4, 0.5) is 13.2 Å². The molecule has 24 heavy (non-hydrogen) atoms. The molecular formula is C16H15F3N4O. The number of rotatable bonds is 1. The van der Waals surface area contributed by atoms with Crippen molar-refractivity contribution in [2.24, 2.45) is 5.92 Å². The quantitative estimate of drug-likeness (QED) is 0.852. The SMILES string of the molecule is O=c1cc(C2CCNCC2)n2nc3c(c2n1)=CC(C(F)(F)F)C=C3. The summed E-state index contributed by atoms with van der Waals surface area (Å²) in [7, 11) is 0. The van der Waals surface area contributed by atoms with Crippen molar-refractivity contribution in [1.82, 2.24) is 19.9 Å². The summed E-state index contributed by atoms with van der Waals surface area (Å²) in [6.07, 6.45) is 0.878. The average Bonchev–Trinajstić information content (AvgIpc) is 2.92. The smallest absolute Gasteiger partial charge is 0.317 e.